The summed E-state index contributed by atoms with van der Waals surface area (Å²) < 4.78 is 0.0504. The highest BCUT2D eigenvalue weighted by molar-refractivity contribution is 7.99. The Morgan fingerprint density at radius 2 is 2.00 bits per heavy atom. The quantitative estimate of drug-likeness (QED) is 0.805. The van der Waals surface area contributed by atoms with Gasteiger partial charge in [0.15, 0.2) is 0 Å². The van der Waals surface area contributed by atoms with Crippen LogP contribution in [0.25, 0.3) is 0 Å². The molecule has 4 heteroatoms. The number of carbonyl (C=O) groups excluding carboxylic acids is 1. The molecule has 0 unspecified atom stereocenters. The first-order valence-corrected chi connectivity index (χ1v) is 7.79. The highest BCUT2D eigenvalue weighted by Crippen LogP contribution is 2.19. The van der Waals surface area contributed by atoms with Crippen molar-refractivity contribution >= 4 is 17.7 Å². The first-order chi connectivity index (χ1) is 8.94. The number of rotatable bonds is 7. The Balaban J connectivity index is 2.33. The van der Waals surface area contributed by atoms with Crippen molar-refractivity contribution in [2.24, 2.45) is 5.73 Å². The van der Waals surface area contributed by atoms with E-state index in [1.165, 1.54) is 5.56 Å². The van der Waals surface area contributed by atoms with Crippen LogP contribution in [0.3, 0.4) is 0 Å². The van der Waals surface area contributed by atoms with Crippen LogP contribution in [0.5, 0.6) is 0 Å². The third-order valence-electron chi connectivity index (χ3n) is 3.16. The summed E-state index contributed by atoms with van der Waals surface area (Å²) in [5, 5.41) is 2.93. The predicted molar refractivity (Wildman–Crippen MR) is 83.3 cm³/mol. The fourth-order valence-electron chi connectivity index (χ4n) is 1.60. The largest absolute Gasteiger partial charge is 0.353 e. The first-order valence-electron chi connectivity index (χ1n) is 6.57. The average molecular weight is 280 g/mol. The van der Waals surface area contributed by atoms with Gasteiger partial charge < -0.3 is 11.1 Å². The molecule has 0 saturated carbocycles. The van der Waals surface area contributed by atoms with Gasteiger partial charge >= 0.3 is 0 Å². The number of hydrogen-bond acceptors (Lipinski definition) is 3. The van der Waals surface area contributed by atoms with E-state index in [-0.39, 0.29) is 10.7 Å². The maximum atomic E-state index is 11.9. The molecule has 0 radical (unpaired) electrons. The van der Waals surface area contributed by atoms with Gasteiger partial charge in [-0.25, -0.2) is 0 Å². The van der Waals surface area contributed by atoms with E-state index in [0.717, 1.165) is 6.42 Å². The normalized spacial score (nSPS) is 13.1. The van der Waals surface area contributed by atoms with Crippen molar-refractivity contribution in [3.8, 4) is 0 Å². The molecule has 0 fully saturated rings. The maximum absolute atomic E-state index is 11.9. The lowest BCUT2D eigenvalue weighted by Crippen LogP contribution is -2.45. The Morgan fingerprint density at radius 1 is 1.37 bits per heavy atom. The van der Waals surface area contributed by atoms with Crippen LogP contribution in [0.4, 0.5) is 0 Å². The second-order valence-electron chi connectivity index (χ2n) is 5.31. The van der Waals surface area contributed by atoms with Gasteiger partial charge in [-0.1, -0.05) is 30.3 Å². The summed E-state index contributed by atoms with van der Waals surface area (Å²) in [7, 11) is 0. The van der Waals surface area contributed by atoms with Crippen molar-refractivity contribution in [2.75, 3.05) is 12.8 Å². The number of benzene rings is 1. The summed E-state index contributed by atoms with van der Waals surface area (Å²) in [6, 6.07) is 9.67. The van der Waals surface area contributed by atoms with Crippen molar-refractivity contribution < 1.29 is 4.79 Å². The SMILES string of the molecule is CSC(C)(C)CNC(=O)[C@@H](N)CCc1ccccc1. The summed E-state index contributed by atoms with van der Waals surface area (Å²) >= 11 is 1.74. The Bertz CT molecular complexity index is 392. The smallest absolute Gasteiger partial charge is 0.236 e. The van der Waals surface area contributed by atoms with Gasteiger partial charge in [-0.3, -0.25) is 4.79 Å². The van der Waals surface area contributed by atoms with Crippen LogP contribution in [0.2, 0.25) is 0 Å². The minimum atomic E-state index is -0.433. The van der Waals surface area contributed by atoms with Crippen molar-refractivity contribution in [3.05, 3.63) is 35.9 Å². The van der Waals surface area contributed by atoms with Crippen LogP contribution in [-0.4, -0.2) is 29.5 Å². The van der Waals surface area contributed by atoms with Crippen LogP contribution in [-0.2, 0) is 11.2 Å². The van der Waals surface area contributed by atoms with Crippen LogP contribution >= 0.6 is 11.8 Å². The molecule has 1 rings (SSSR count). The zero-order chi connectivity index (χ0) is 14.3. The Hall–Kier alpha value is -1.00. The lowest BCUT2D eigenvalue weighted by atomic mass is 10.1. The fraction of sp³-hybridized carbons (Fsp3) is 0.533. The molecule has 0 bridgehead atoms. The Kier molecular flexibility index (Phi) is 6.38. The highest BCUT2D eigenvalue weighted by Gasteiger charge is 2.19. The molecular formula is C15H24N2OS. The maximum Gasteiger partial charge on any atom is 0.236 e. The number of nitrogens with one attached hydrogen (secondary N) is 1. The molecule has 3 nitrogen and oxygen atoms in total. The average Bonchev–Trinajstić information content (AvgIpc) is 2.43. The summed E-state index contributed by atoms with van der Waals surface area (Å²) in [6.45, 7) is 4.85. The minimum absolute atomic E-state index is 0.0504. The zero-order valence-corrected chi connectivity index (χ0v) is 12.8. The number of carbonyl (C=O) groups is 1. The van der Waals surface area contributed by atoms with Crippen LogP contribution in [0, 0.1) is 0 Å². The predicted octanol–water partition coefficient (Wildman–Crippen LogP) is 2.20. The molecule has 106 valence electrons. The summed E-state index contributed by atoms with van der Waals surface area (Å²) in [6.07, 6.45) is 3.55. The molecule has 0 aliphatic heterocycles. The molecule has 1 aromatic rings. The molecule has 3 N–H and O–H groups in total. The lowest BCUT2D eigenvalue weighted by Gasteiger charge is -2.23. The molecule has 19 heavy (non-hydrogen) atoms. The highest BCUT2D eigenvalue weighted by atomic mass is 32.2. The van der Waals surface area contributed by atoms with E-state index in [0.29, 0.717) is 13.0 Å². The number of hydrogen-bond donors (Lipinski definition) is 2. The molecule has 1 aromatic carbocycles. The lowest BCUT2D eigenvalue weighted by molar-refractivity contribution is -0.122. The van der Waals surface area contributed by atoms with E-state index >= 15 is 0 Å². The van der Waals surface area contributed by atoms with Gasteiger partial charge in [0.2, 0.25) is 5.91 Å². The van der Waals surface area contributed by atoms with Gasteiger partial charge in [-0.15, -0.1) is 0 Å². The molecule has 0 spiro atoms. The molecule has 1 atom stereocenters. The second-order valence-corrected chi connectivity index (χ2v) is 6.83. The van der Waals surface area contributed by atoms with E-state index in [1.807, 2.05) is 24.5 Å². The van der Waals surface area contributed by atoms with Gasteiger partial charge in [0.25, 0.3) is 0 Å². The van der Waals surface area contributed by atoms with Crippen molar-refractivity contribution in [3.63, 3.8) is 0 Å². The van der Waals surface area contributed by atoms with Gasteiger partial charge in [0, 0.05) is 11.3 Å². The molecule has 0 aliphatic carbocycles. The van der Waals surface area contributed by atoms with E-state index in [2.05, 4.69) is 31.3 Å². The second kappa shape index (κ2) is 7.56. The monoisotopic (exact) mass is 280 g/mol. The first kappa shape index (κ1) is 16.1. The van der Waals surface area contributed by atoms with Gasteiger partial charge in [0.1, 0.15) is 0 Å². The van der Waals surface area contributed by atoms with Gasteiger partial charge in [-0.05, 0) is 38.5 Å². The zero-order valence-electron chi connectivity index (χ0n) is 12.0. The molecule has 1 amide bonds. The molecule has 0 saturated heterocycles. The Morgan fingerprint density at radius 3 is 2.58 bits per heavy atom. The number of amides is 1. The topological polar surface area (TPSA) is 55.1 Å². The Labute approximate surface area is 120 Å². The van der Waals surface area contributed by atoms with Crippen LogP contribution in [0.15, 0.2) is 30.3 Å². The fourth-order valence-corrected chi connectivity index (χ4v) is 1.82. The third kappa shape index (κ3) is 6.12. The number of thioether (sulfide) groups is 1. The van der Waals surface area contributed by atoms with E-state index in [1.54, 1.807) is 11.8 Å². The molecule has 0 heterocycles. The molecular weight excluding hydrogens is 256 g/mol. The molecule has 0 aromatic heterocycles. The van der Waals surface area contributed by atoms with E-state index in [4.69, 9.17) is 5.73 Å². The summed E-state index contributed by atoms with van der Waals surface area (Å²) in [5.74, 6) is -0.0574. The number of nitrogens with two attached hydrogens (primary N) is 1. The van der Waals surface area contributed by atoms with Crippen LogP contribution < -0.4 is 11.1 Å². The standard InChI is InChI=1S/C15H24N2OS/c1-15(2,19-3)11-17-14(18)13(16)10-9-12-7-5-4-6-8-12/h4-8,13H,9-11,16H2,1-3H3,(H,17,18)/t13-/m0/s1. The summed E-state index contributed by atoms with van der Waals surface area (Å²) in [5.41, 5.74) is 7.13. The van der Waals surface area contributed by atoms with E-state index < -0.39 is 6.04 Å². The molecule has 0 aliphatic rings. The van der Waals surface area contributed by atoms with Gasteiger partial charge in [0.05, 0.1) is 6.04 Å². The third-order valence-corrected chi connectivity index (χ3v) is 4.41. The van der Waals surface area contributed by atoms with Crippen molar-refractivity contribution in [2.45, 2.75) is 37.5 Å². The van der Waals surface area contributed by atoms with Crippen molar-refractivity contribution in [1.29, 1.82) is 0 Å². The van der Waals surface area contributed by atoms with Gasteiger partial charge in [-0.2, -0.15) is 11.8 Å². The van der Waals surface area contributed by atoms with E-state index in [9.17, 15) is 4.79 Å². The van der Waals surface area contributed by atoms with Crippen molar-refractivity contribution in [1.82, 2.24) is 5.32 Å². The number of aryl methyl sites for hydroxylation is 1. The summed E-state index contributed by atoms with van der Waals surface area (Å²) in [4.78, 5) is 11.9. The van der Waals surface area contributed by atoms with Crippen LogP contribution in [0.1, 0.15) is 25.8 Å². The minimum Gasteiger partial charge on any atom is -0.353 e.